The van der Waals surface area contributed by atoms with E-state index >= 15 is 0 Å². The first-order valence-corrected chi connectivity index (χ1v) is 3.26. The molecule has 0 atom stereocenters. The summed E-state index contributed by atoms with van der Waals surface area (Å²) in [4.78, 5) is 10.7. The van der Waals surface area contributed by atoms with Gasteiger partial charge in [0.1, 0.15) is 5.76 Å². The van der Waals surface area contributed by atoms with Crippen molar-refractivity contribution in [1.82, 2.24) is 0 Å². The molecule has 0 unspecified atom stereocenters. The van der Waals surface area contributed by atoms with Gasteiger partial charge in [0.05, 0.1) is 13.4 Å². The Morgan fingerprint density at radius 1 is 1.75 bits per heavy atom. The lowest BCUT2D eigenvalue weighted by molar-refractivity contribution is -0.138. The van der Waals surface area contributed by atoms with E-state index in [1.54, 1.807) is 12.1 Å². The van der Waals surface area contributed by atoms with Crippen LogP contribution in [0.1, 0.15) is 5.76 Å². The van der Waals surface area contributed by atoms with E-state index in [-0.39, 0.29) is 0 Å². The fraction of sp³-hybridized carbons (Fsp3) is 0.125. The van der Waals surface area contributed by atoms with Gasteiger partial charge >= 0.3 is 5.97 Å². The summed E-state index contributed by atoms with van der Waals surface area (Å²) in [6, 6.07) is 3.26. The molecule has 1 aromatic rings. The van der Waals surface area contributed by atoms with Crippen LogP contribution in [0.2, 0.25) is 0 Å². The molecule has 1 heterocycles. The number of carbonyl (C=O) groups is 1. The quantitative estimate of drug-likeness (QED) is 0.411. The Bertz CT molecular complexity index is 284. The van der Waals surface area contributed by atoms with Crippen LogP contribution in [0.5, 0.6) is 0 Å². The van der Waals surface area contributed by atoms with Crippen molar-refractivity contribution in [1.29, 1.82) is 0 Å². The van der Waals surface area contributed by atoms with Crippen LogP contribution >= 0.6 is 0 Å². The molecular formula is C8H8O4. The van der Waals surface area contributed by atoms with E-state index in [0.29, 0.717) is 5.76 Å². The Morgan fingerprint density at radius 2 is 2.50 bits per heavy atom. The Kier molecular flexibility index (Phi) is 2.53. The maximum atomic E-state index is 10.7. The zero-order chi connectivity index (χ0) is 8.97. The summed E-state index contributed by atoms with van der Waals surface area (Å²) in [6.07, 6.45) is 2.63. The zero-order valence-corrected chi connectivity index (χ0v) is 6.48. The van der Waals surface area contributed by atoms with Crippen molar-refractivity contribution in [2.24, 2.45) is 0 Å². The number of hydrogen-bond donors (Lipinski definition) is 1. The summed E-state index contributed by atoms with van der Waals surface area (Å²) in [6.45, 7) is 0. The number of carbonyl (C=O) groups excluding carboxylic acids is 1. The predicted octanol–water partition coefficient (Wildman–Crippen LogP) is 1.35. The van der Waals surface area contributed by atoms with Gasteiger partial charge in [-0.15, -0.1) is 0 Å². The molecule has 1 rings (SSSR count). The van der Waals surface area contributed by atoms with Crippen molar-refractivity contribution in [3.05, 3.63) is 29.9 Å². The minimum absolute atomic E-state index is 0.401. The van der Waals surface area contributed by atoms with Gasteiger partial charge in [-0.05, 0) is 12.1 Å². The molecule has 0 aromatic carbocycles. The van der Waals surface area contributed by atoms with Crippen molar-refractivity contribution >= 4 is 12.0 Å². The third kappa shape index (κ3) is 1.88. The first-order valence-electron chi connectivity index (χ1n) is 3.26. The van der Waals surface area contributed by atoms with Crippen LogP contribution in [-0.4, -0.2) is 18.2 Å². The van der Waals surface area contributed by atoms with E-state index in [1.807, 2.05) is 0 Å². The Morgan fingerprint density at radius 3 is 3.00 bits per heavy atom. The van der Waals surface area contributed by atoms with Crippen LogP contribution in [0.4, 0.5) is 0 Å². The van der Waals surface area contributed by atoms with Gasteiger partial charge in [0.25, 0.3) is 0 Å². The number of furan rings is 1. The van der Waals surface area contributed by atoms with Gasteiger partial charge in [-0.1, -0.05) is 0 Å². The standard InChI is InChI=1S/C8H8O4/c1-11-8(10)7(9)5-6-3-2-4-12-6/h2-5,9H,1H3/b7-5-. The topological polar surface area (TPSA) is 59.7 Å². The highest BCUT2D eigenvalue weighted by Gasteiger charge is 2.06. The van der Waals surface area contributed by atoms with Crippen LogP contribution in [-0.2, 0) is 9.53 Å². The van der Waals surface area contributed by atoms with E-state index in [9.17, 15) is 4.79 Å². The lowest BCUT2D eigenvalue weighted by atomic mass is 10.3. The molecule has 4 heteroatoms. The summed E-state index contributed by atoms with van der Waals surface area (Å²) in [5.41, 5.74) is 0. The molecule has 0 aliphatic carbocycles. The number of aliphatic hydroxyl groups is 1. The monoisotopic (exact) mass is 168 g/mol. The van der Waals surface area contributed by atoms with Crippen LogP contribution in [0.15, 0.2) is 28.6 Å². The molecule has 64 valence electrons. The normalized spacial score (nSPS) is 11.2. The first-order chi connectivity index (χ1) is 5.74. The van der Waals surface area contributed by atoms with Gasteiger partial charge in [0.15, 0.2) is 0 Å². The average Bonchev–Trinajstić information content (AvgIpc) is 2.55. The van der Waals surface area contributed by atoms with E-state index < -0.39 is 11.7 Å². The molecule has 0 radical (unpaired) electrons. The summed E-state index contributed by atoms with van der Waals surface area (Å²) >= 11 is 0. The molecule has 0 amide bonds. The highest BCUT2D eigenvalue weighted by atomic mass is 16.5. The fourth-order valence-electron chi connectivity index (χ4n) is 0.672. The second-order valence-electron chi connectivity index (χ2n) is 2.04. The lowest BCUT2D eigenvalue weighted by Crippen LogP contribution is -2.03. The van der Waals surface area contributed by atoms with Gasteiger partial charge in [0, 0.05) is 6.08 Å². The number of methoxy groups -OCH3 is 1. The van der Waals surface area contributed by atoms with Crippen LogP contribution in [0.25, 0.3) is 6.08 Å². The molecule has 12 heavy (non-hydrogen) atoms. The highest BCUT2D eigenvalue weighted by molar-refractivity contribution is 5.90. The van der Waals surface area contributed by atoms with Gasteiger partial charge in [-0.25, -0.2) is 4.79 Å². The molecule has 0 aliphatic rings. The second-order valence-corrected chi connectivity index (χ2v) is 2.04. The average molecular weight is 168 g/mol. The molecule has 0 saturated heterocycles. The molecule has 0 spiro atoms. The molecule has 0 aliphatic heterocycles. The van der Waals surface area contributed by atoms with Gasteiger partial charge in [-0.2, -0.15) is 0 Å². The Balaban J connectivity index is 2.76. The SMILES string of the molecule is COC(=O)/C(O)=C/c1ccco1. The van der Waals surface area contributed by atoms with Crippen LogP contribution < -0.4 is 0 Å². The summed E-state index contributed by atoms with van der Waals surface area (Å²) in [7, 11) is 1.19. The molecule has 1 N–H and O–H groups in total. The van der Waals surface area contributed by atoms with Crippen molar-refractivity contribution in [3.63, 3.8) is 0 Å². The third-order valence-electron chi connectivity index (χ3n) is 1.22. The molecule has 4 nitrogen and oxygen atoms in total. The minimum Gasteiger partial charge on any atom is -0.502 e. The minimum atomic E-state index is -0.786. The fourth-order valence-corrected chi connectivity index (χ4v) is 0.672. The van der Waals surface area contributed by atoms with E-state index in [0.717, 1.165) is 0 Å². The van der Waals surface area contributed by atoms with E-state index in [1.165, 1.54) is 19.4 Å². The van der Waals surface area contributed by atoms with Crippen LogP contribution in [0.3, 0.4) is 0 Å². The summed E-state index contributed by atoms with van der Waals surface area (Å²) in [5.74, 6) is -0.864. The number of esters is 1. The van der Waals surface area contributed by atoms with Gasteiger partial charge in [-0.3, -0.25) is 0 Å². The second kappa shape index (κ2) is 3.61. The smallest absolute Gasteiger partial charge is 0.373 e. The van der Waals surface area contributed by atoms with Crippen molar-refractivity contribution < 1.29 is 19.1 Å². The number of hydrogen-bond acceptors (Lipinski definition) is 4. The zero-order valence-electron chi connectivity index (χ0n) is 6.48. The molecule has 1 aromatic heterocycles. The molecule has 0 bridgehead atoms. The number of ether oxygens (including phenoxy) is 1. The van der Waals surface area contributed by atoms with Crippen molar-refractivity contribution in [2.45, 2.75) is 0 Å². The summed E-state index contributed by atoms with van der Waals surface area (Å²) < 4.78 is 9.12. The van der Waals surface area contributed by atoms with Gasteiger partial charge in [0.2, 0.25) is 5.76 Å². The Labute approximate surface area is 69.1 Å². The predicted molar refractivity (Wildman–Crippen MR) is 41.3 cm³/mol. The summed E-state index contributed by atoms with van der Waals surface area (Å²) in [5, 5.41) is 9.02. The van der Waals surface area contributed by atoms with Gasteiger partial charge < -0.3 is 14.3 Å². The number of aliphatic hydroxyl groups excluding tert-OH is 1. The molecule has 0 saturated carbocycles. The maximum Gasteiger partial charge on any atom is 0.373 e. The third-order valence-corrected chi connectivity index (χ3v) is 1.22. The molecular weight excluding hydrogens is 160 g/mol. The lowest BCUT2D eigenvalue weighted by Gasteiger charge is -1.94. The molecule has 0 fully saturated rings. The van der Waals surface area contributed by atoms with Crippen LogP contribution in [0, 0.1) is 0 Å². The highest BCUT2D eigenvalue weighted by Crippen LogP contribution is 2.05. The number of rotatable bonds is 2. The largest absolute Gasteiger partial charge is 0.502 e. The van der Waals surface area contributed by atoms with Crippen molar-refractivity contribution in [2.75, 3.05) is 7.11 Å². The Hall–Kier alpha value is -1.71. The van der Waals surface area contributed by atoms with E-state index in [4.69, 9.17) is 9.52 Å². The van der Waals surface area contributed by atoms with Crippen molar-refractivity contribution in [3.8, 4) is 0 Å². The first kappa shape index (κ1) is 8.39. The maximum absolute atomic E-state index is 10.7. The van der Waals surface area contributed by atoms with E-state index in [2.05, 4.69) is 4.74 Å².